The van der Waals surface area contributed by atoms with Gasteiger partial charge in [-0.1, -0.05) is 0 Å². The number of aliphatic hydroxyl groups is 1. The first-order chi connectivity index (χ1) is 2.21. The van der Waals surface area contributed by atoms with Gasteiger partial charge in [-0.3, -0.25) is 5.73 Å². The quantitative estimate of drug-likeness (QED) is 0.252. The monoisotopic (exact) mass is 207 g/mol. The van der Waals surface area contributed by atoms with Crippen LogP contribution in [0, 0.1) is 0 Å². The molecule has 5 heteroatoms. The Kier molecular flexibility index (Phi) is 2.50. The Labute approximate surface area is 57.9 Å². The van der Waals surface area contributed by atoms with Gasteiger partial charge < -0.3 is 5.11 Å². The molecule has 1 aliphatic heterocycles. The van der Waals surface area contributed by atoms with Crippen molar-refractivity contribution < 1.29 is 26.2 Å². The molecule has 6 heavy (non-hydrogen) atoms. The van der Waals surface area contributed by atoms with E-state index in [-0.39, 0.29) is 21.1 Å². The van der Waals surface area contributed by atoms with E-state index < -0.39 is 4.39 Å². The smallest absolute Gasteiger partial charge is 0.232 e. The van der Waals surface area contributed by atoms with E-state index >= 15 is 0 Å². The van der Waals surface area contributed by atoms with Gasteiger partial charge in [-0.25, -0.2) is 0 Å². The molecule has 0 bridgehead atoms. The number of hydrogen-bond acceptors (Lipinski definition) is 4. The Morgan fingerprint density at radius 2 is 1.67 bits per heavy atom. The van der Waals surface area contributed by atoms with Crippen LogP contribution in [0.4, 0.5) is 0 Å². The molecule has 1 heterocycles. The fraction of sp³-hybridized carbons (Fsp3) is 1.00. The summed E-state index contributed by atoms with van der Waals surface area (Å²) in [6.45, 7) is 0. The van der Waals surface area contributed by atoms with Crippen LogP contribution in [0.1, 0.15) is 0 Å². The Hall–Kier alpha value is 1.31. The molecule has 0 aliphatic carbocycles. The molecule has 1 saturated heterocycles. The third-order valence-corrected chi connectivity index (χ3v) is 2.29. The van der Waals surface area contributed by atoms with Crippen LogP contribution in [0.25, 0.3) is 0 Å². The van der Waals surface area contributed by atoms with Gasteiger partial charge in [0.15, 0.2) is 0 Å². The third-order valence-electron chi connectivity index (χ3n) is 0.254. The Morgan fingerprint density at radius 3 is 1.67 bits per heavy atom. The van der Waals surface area contributed by atoms with E-state index in [1.165, 1.54) is 21.6 Å². The zero-order valence-corrected chi connectivity index (χ0v) is 6.39. The molecule has 0 saturated carbocycles. The van der Waals surface area contributed by atoms with Gasteiger partial charge in [-0.15, -0.1) is 0 Å². The van der Waals surface area contributed by atoms with Crippen molar-refractivity contribution in [1.29, 1.82) is 0 Å². The van der Waals surface area contributed by atoms with E-state index in [0.29, 0.717) is 0 Å². The molecule has 0 spiro atoms. The first kappa shape index (κ1) is 7.31. The first-order valence-corrected chi connectivity index (χ1v) is 3.24. The first-order valence-electron chi connectivity index (χ1n) is 1.09. The molecule has 0 radical (unpaired) electrons. The van der Waals surface area contributed by atoms with Gasteiger partial charge in [0.2, 0.25) is 4.39 Å². The zero-order chi connectivity index (χ0) is 3.91. The Morgan fingerprint density at radius 1 is 1.50 bits per heavy atom. The van der Waals surface area contributed by atoms with Crippen LogP contribution in [-0.4, -0.2) is 9.50 Å². The van der Waals surface area contributed by atoms with Crippen molar-refractivity contribution in [3.05, 3.63) is 0 Å². The van der Waals surface area contributed by atoms with Gasteiger partial charge in [0, 0.05) is 21.1 Å². The van der Waals surface area contributed by atoms with Gasteiger partial charge in [0.1, 0.15) is 0 Å². The van der Waals surface area contributed by atoms with Crippen molar-refractivity contribution in [2.45, 2.75) is 4.39 Å². The molecule has 0 unspecified atom stereocenters. The van der Waals surface area contributed by atoms with Gasteiger partial charge in [0.25, 0.3) is 0 Å². The molecule has 1 rings (SSSR count). The third kappa shape index (κ3) is 2.48. The van der Waals surface area contributed by atoms with Crippen molar-refractivity contribution in [3.8, 4) is 0 Å². The van der Waals surface area contributed by atoms with E-state index in [0.717, 1.165) is 0 Å². The average molecular weight is 205 g/mol. The van der Waals surface area contributed by atoms with Crippen LogP contribution >= 0.6 is 21.6 Å². The molecule has 0 amide bonds. The summed E-state index contributed by atoms with van der Waals surface area (Å²) in [5.74, 6) is 0. The van der Waals surface area contributed by atoms with E-state index in [1.807, 2.05) is 0 Å². The van der Waals surface area contributed by atoms with Crippen LogP contribution in [0.3, 0.4) is 0 Å². The van der Waals surface area contributed by atoms with E-state index in [2.05, 4.69) is 0 Å². The minimum absolute atomic E-state index is 0. The second-order valence-electron chi connectivity index (χ2n) is 0.797. The maximum absolute atomic E-state index is 8.34. The number of rotatable bonds is 0. The van der Waals surface area contributed by atoms with Crippen LogP contribution in [-0.2, 0) is 21.1 Å². The summed E-state index contributed by atoms with van der Waals surface area (Å²) < 4.78 is -0.917. The minimum atomic E-state index is -0.917. The topological polar surface area (TPSA) is 46.2 Å². The normalized spacial score (nSPS) is 25.0. The van der Waals surface area contributed by atoms with Crippen LogP contribution in [0.5, 0.6) is 0 Å². The van der Waals surface area contributed by atoms with Crippen LogP contribution in [0.15, 0.2) is 0 Å². The van der Waals surface area contributed by atoms with Gasteiger partial charge in [-0.2, -0.15) is 0 Å². The molecule has 1 aliphatic rings. The summed E-state index contributed by atoms with van der Waals surface area (Å²) >= 11 is 0. The second-order valence-corrected chi connectivity index (χ2v) is 3.63. The standard InChI is InChI=1S/CH3NOS2.Mo/c2-1(3)4-5-1;/h3H,2H2;. The van der Waals surface area contributed by atoms with Crippen molar-refractivity contribution in [2.24, 2.45) is 5.73 Å². The van der Waals surface area contributed by atoms with E-state index in [4.69, 9.17) is 10.8 Å². The largest absolute Gasteiger partial charge is 0.357 e. The van der Waals surface area contributed by atoms with E-state index in [9.17, 15) is 0 Å². The van der Waals surface area contributed by atoms with Crippen molar-refractivity contribution >= 4 is 21.6 Å². The predicted molar refractivity (Wildman–Crippen MR) is 24.3 cm³/mol. The maximum Gasteiger partial charge on any atom is 0.232 e. The predicted octanol–water partition coefficient (Wildman–Crippen LogP) is -0.0588. The molecule has 0 atom stereocenters. The fourth-order valence-corrected chi connectivity index (χ4v) is 0.384. The number of hydrogen-bond donors (Lipinski definition) is 2. The van der Waals surface area contributed by atoms with Gasteiger partial charge >= 0.3 is 0 Å². The van der Waals surface area contributed by atoms with Crippen molar-refractivity contribution in [3.63, 3.8) is 0 Å². The summed E-state index contributed by atoms with van der Waals surface area (Å²) in [5, 5.41) is 8.34. The maximum atomic E-state index is 8.34. The molecule has 0 aromatic heterocycles. The summed E-state index contributed by atoms with van der Waals surface area (Å²) in [4.78, 5) is 0. The second kappa shape index (κ2) is 2.05. The molecule has 0 aromatic carbocycles. The average Bonchev–Trinajstić information content (AvgIpc) is 1.76. The van der Waals surface area contributed by atoms with Crippen molar-refractivity contribution in [2.75, 3.05) is 0 Å². The molecule has 0 aromatic rings. The zero-order valence-electron chi connectivity index (χ0n) is 2.75. The summed E-state index contributed by atoms with van der Waals surface area (Å²) in [5.41, 5.74) is 4.95. The molecule has 3 N–H and O–H groups in total. The van der Waals surface area contributed by atoms with Crippen LogP contribution < -0.4 is 5.73 Å². The number of nitrogens with two attached hydrogens (primary N) is 1. The van der Waals surface area contributed by atoms with E-state index in [1.54, 1.807) is 0 Å². The van der Waals surface area contributed by atoms with Gasteiger partial charge in [-0.05, 0) is 21.6 Å². The minimum Gasteiger partial charge on any atom is -0.357 e. The summed E-state index contributed by atoms with van der Waals surface area (Å²) in [6.07, 6.45) is 0. The van der Waals surface area contributed by atoms with Gasteiger partial charge in [0.05, 0.1) is 0 Å². The molecule has 2 nitrogen and oxygen atoms in total. The Bertz CT molecular complexity index is 51.5. The molecule has 1 fully saturated rings. The van der Waals surface area contributed by atoms with Crippen molar-refractivity contribution in [1.82, 2.24) is 0 Å². The van der Waals surface area contributed by atoms with Crippen LogP contribution in [0.2, 0.25) is 0 Å². The molecule has 36 valence electrons. The summed E-state index contributed by atoms with van der Waals surface area (Å²) in [6, 6.07) is 0. The Balaban J connectivity index is 0.000000250. The molecular weight excluding hydrogens is 202 g/mol. The molecular formula is CH3MoNOS2. The fourth-order valence-electron chi connectivity index (χ4n) is 0.0427. The SMILES string of the molecule is NC1(O)SS1.[Mo]. The summed E-state index contributed by atoms with van der Waals surface area (Å²) in [7, 11) is 2.55.